The number of hydrogen-bond donors (Lipinski definition) is 3. The minimum absolute atomic E-state index is 0.163. The van der Waals surface area contributed by atoms with Crippen molar-refractivity contribution in [3.8, 4) is 0 Å². The highest BCUT2D eigenvalue weighted by atomic mass is 35.5. The van der Waals surface area contributed by atoms with Crippen LogP contribution in [-0.4, -0.2) is 17.8 Å². The molecule has 1 aromatic heterocycles. The van der Waals surface area contributed by atoms with Gasteiger partial charge in [0.25, 0.3) is 0 Å². The number of aliphatic hydroxyl groups excluding tert-OH is 1. The molecule has 0 saturated carbocycles. The molecule has 0 spiro atoms. The predicted octanol–water partition coefficient (Wildman–Crippen LogP) is 0.721. The molecule has 0 aromatic carbocycles. The molecule has 68 valence electrons. The molecule has 0 fully saturated rings. The van der Waals surface area contributed by atoms with Gasteiger partial charge in [0.05, 0.1) is 16.5 Å². The third kappa shape index (κ3) is 2.18. The summed E-state index contributed by atoms with van der Waals surface area (Å²) in [6.45, 7) is 0.163. The smallest absolute Gasteiger partial charge is 0.0931 e. The van der Waals surface area contributed by atoms with E-state index in [0.717, 1.165) is 4.88 Å². The Hall–Kier alpha value is -0.130. The molecular weight excluding hydrogens is 196 g/mol. The molecule has 1 rings (SSSR count). The fourth-order valence-electron chi connectivity index (χ4n) is 0.844. The lowest BCUT2D eigenvalue weighted by Gasteiger charge is -2.14. The number of nitrogens with two attached hydrogens (primary N) is 2. The van der Waals surface area contributed by atoms with Crippen LogP contribution in [0.1, 0.15) is 10.9 Å². The van der Waals surface area contributed by atoms with E-state index in [1.807, 2.05) is 0 Å². The van der Waals surface area contributed by atoms with Gasteiger partial charge in [0.1, 0.15) is 0 Å². The number of aliphatic hydroxyl groups is 1. The van der Waals surface area contributed by atoms with Crippen LogP contribution in [0.25, 0.3) is 0 Å². The van der Waals surface area contributed by atoms with Crippen LogP contribution in [0, 0.1) is 0 Å². The maximum absolute atomic E-state index is 9.30. The first-order valence-corrected chi connectivity index (χ1v) is 4.73. The monoisotopic (exact) mass is 206 g/mol. The molecule has 0 saturated heterocycles. The van der Waals surface area contributed by atoms with Gasteiger partial charge < -0.3 is 16.6 Å². The van der Waals surface area contributed by atoms with Crippen molar-refractivity contribution in [1.82, 2.24) is 0 Å². The second-order valence-electron chi connectivity index (χ2n) is 2.47. The summed E-state index contributed by atoms with van der Waals surface area (Å²) in [5.74, 6) is 0. The van der Waals surface area contributed by atoms with Gasteiger partial charge in [-0.05, 0) is 12.1 Å². The van der Waals surface area contributed by atoms with Crippen LogP contribution >= 0.6 is 22.9 Å². The van der Waals surface area contributed by atoms with Crippen LogP contribution in [0.15, 0.2) is 12.1 Å². The van der Waals surface area contributed by atoms with Crippen LogP contribution in [0.3, 0.4) is 0 Å². The van der Waals surface area contributed by atoms with Crippen molar-refractivity contribution in [3.05, 3.63) is 21.3 Å². The van der Waals surface area contributed by atoms with Gasteiger partial charge in [-0.1, -0.05) is 11.6 Å². The Morgan fingerprint density at radius 3 is 2.67 bits per heavy atom. The average molecular weight is 207 g/mol. The standard InChI is InChI=1S/C7H11ClN2OS/c8-6-2-1-5(12-6)7(10)4(11)3-9/h1-2,4,7,11H,3,9-10H2. The molecule has 1 heterocycles. The van der Waals surface area contributed by atoms with E-state index in [1.54, 1.807) is 12.1 Å². The van der Waals surface area contributed by atoms with Crippen molar-refractivity contribution in [1.29, 1.82) is 0 Å². The van der Waals surface area contributed by atoms with E-state index in [2.05, 4.69) is 0 Å². The van der Waals surface area contributed by atoms with E-state index in [0.29, 0.717) is 4.34 Å². The predicted molar refractivity (Wildman–Crippen MR) is 51.3 cm³/mol. The fourth-order valence-corrected chi connectivity index (χ4v) is 1.96. The molecule has 12 heavy (non-hydrogen) atoms. The van der Waals surface area contributed by atoms with Crippen LogP contribution in [0.2, 0.25) is 4.34 Å². The minimum atomic E-state index is -0.695. The Morgan fingerprint density at radius 2 is 2.25 bits per heavy atom. The van der Waals surface area contributed by atoms with Crippen LogP contribution < -0.4 is 11.5 Å². The van der Waals surface area contributed by atoms with Crippen LogP contribution in [0.4, 0.5) is 0 Å². The first-order chi connectivity index (χ1) is 5.65. The zero-order valence-corrected chi connectivity index (χ0v) is 7.98. The van der Waals surface area contributed by atoms with Gasteiger partial charge in [-0.15, -0.1) is 11.3 Å². The van der Waals surface area contributed by atoms with E-state index >= 15 is 0 Å². The number of hydrogen-bond acceptors (Lipinski definition) is 4. The van der Waals surface area contributed by atoms with Crippen molar-refractivity contribution < 1.29 is 5.11 Å². The van der Waals surface area contributed by atoms with Crippen molar-refractivity contribution in [2.75, 3.05) is 6.54 Å². The largest absolute Gasteiger partial charge is 0.390 e. The molecule has 1 aromatic rings. The summed E-state index contributed by atoms with van der Waals surface area (Å²) >= 11 is 7.07. The second-order valence-corrected chi connectivity index (χ2v) is 4.22. The van der Waals surface area contributed by atoms with Crippen molar-refractivity contribution in [3.63, 3.8) is 0 Å². The molecule has 0 aliphatic heterocycles. The topological polar surface area (TPSA) is 72.3 Å². The van der Waals surface area contributed by atoms with Crippen LogP contribution in [-0.2, 0) is 0 Å². The quantitative estimate of drug-likeness (QED) is 0.683. The van der Waals surface area contributed by atoms with Gasteiger partial charge in [-0.3, -0.25) is 0 Å². The van der Waals surface area contributed by atoms with E-state index < -0.39 is 12.1 Å². The zero-order chi connectivity index (χ0) is 9.14. The third-order valence-electron chi connectivity index (χ3n) is 1.58. The third-order valence-corrected chi connectivity index (χ3v) is 2.91. The number of rotatable bonds is 3. The van der Waals surface area contributed by atoms with Gasteiger partial charge in [0.15, 0.2) is 0 Å². The van der Waals surface area contributed by atoms with Gasteiger partial charge >= 0.3 is 0 Å². The van der Waals surface area contributed by atoms with Gasteiger partial charge in [0.2, 0.25) is 0 Å². The Balaban J connectivity index is 2.70. The number of halogens is 1. The summed E-state index contributed by atoms with van der Waals surface area (Å²) < 4.78 is 0.671. The van der Waals surface area contributed by atoms with Gasteiger partial charge in [0, 0.05) is 11.4 Å². The van der Waals surface area contributed by atoms with Crippen molar-refractivity contribution >= 4 is 22.9 Å². The summed E-state index contributed by atoms with van der Waals surface area (Å²) in [6, 6.07) is 3.13. The Morgan fingerprint density at radius 1 is 1.58 bits per heavy atom. The highest BCUT2D eigenvalue weighted by Crippen LogP contribution is 2.26. The Bertz CT molecular complexity index is 253. The molecule has 0 aliphatic carbocycles. The highest BCUT2D eigenvalue weighted by Gasteiger charge is 2.16. The first kappa shape index (κ1) is 9.95. The molecule has 3 nitrogen and oxygen atoms in total. The second kappa shape index (κ2) is 4.20. The minimum Gasteiger partial charge on any atom is -0.390 e. The van der Waals surface area contributed by atoms with Crippen LogP contribution in [0.5, 0.6) is 0 Å². The molecule has 2 unspecified atom stereocenters. The molecule has 0 radical (unpaired) electrons. The lowest BCUT2D eigenvalue weighted by atomic mass is 10.1. The molecule has 5 N–H and O–H groups in total. The molecule has 2 atom stereocenters. The summed E-state index contributed by atoms with van der Waals surface area (Å²) in [6.07, 6.45) is -0.695. The average Bonchev–Trinajstić information content (AvgIpc) is 2.49. The SMILES string of the molecule is NCC(O)C(N)c1ccc(Cl)s1. The number of thiophene rings is 1. The normalized spacial score (nSPS) is 16.0. The van der Waals surface area contributed by atoms with E-state index in [9.17, 15) is 5.11 Å². The Labute approximate surface area is 79.9 Å². The van der Waals surface area contributed by atoms with E-state index in [-0.39, 0.29) is 6.54 Å². The van der Waals surface area contributed by atoms with Crippen molar-refractivity contribution in [2.24, 2.45) is 11.5 Å². The maximum atomic E-state index is 9.30. The Kier molecular flexibility index (Phi) is 3.49. The molecule has 5 heteroatoms. The van der Waals surface area contributed by atoms with Gasteiger partial charge in [-0.2, -0.15) is 0 Å². The highest BCUT2D eigenvalue weighted by molar-refractivity contribution is 7.16. The zero-order valence-electron chi connectivity index (χ0n) is 6.40. The van der Waals surface area contributed by atoms with Crippen molar-refractivity contribution in [2.45, 2.75) is 12.1 Å². The lowest BCUT2D eigenvalue weighted by Crippen LogP contribution is -2.32. The lowest BCUT2D eigenvalue weighted by molar-refractivity contribution is 0.154. The first-order valence-electron chi connectivity index (χ1n) is 3.54. The summed E-state index contributed by atoms with van der Waals surface area (Å²) in [4.78, 5) is 0.859. The summed E-state index contributed by atoms with van der Waals surface area (Å²) in [5.41, 5.74) is 10.9. The fraction of sp³-hybridized carbons (Fsp3) is 0.429. The molecule has 0 bridgehead atoms. The summed E-state index contributed by atoms with van der Waals surface area (Å²) in [5, 5.41) is 9.30. The van der Waals surface area contributed by atoms with E-state index in [1.165, 1.54) is 11.3 Å². The molecule has 0 amide bonds. The summed E-state index contributed by atoms with van der Waals surface area (Å²) in [7, 11) is 0. The maximum Gasteiger partial charge on any atom is 0.0931 e. The van der Waals surface area contributed by atoms with Gasteiger partial charge in [-0.25, -0.2) is 0 Å². The molecule has 0 aliphatic rings. The molecular formula is C7H11ClN2OS. The van der Waals surface area contributed by atoms with E-state index in [4.69, 9.17) is 23.1 Å².